The summed E-state index contributed by atoms with van der Waals surface area (Å²) in [6.07, 6.45) is 3.84. The molecule has 0 aliphatic rings. The second-order valence-corrected chi connectivity index (χ2v) is 9.18. The van der Waals surface area contributed by atoms with Crippen LogP contribution in [0.2, 0.25) is 0 Å². The van der Waals surface area contributed by atoms with E-state index >= 15 is 0 Å². The second kappa shape index (κ2) is 7.33. The fourth-order valence-corrected chi connectivity index (χ4v) is 5.20. The van der Waals surface area contributed by atoms with Crippen LogP contribution in [0.4, 0.5) is 5.69 Å². The SMILES string of the molecule is COc1ccc(-c2cn3ccc(C)cc3n2)cc1NS(=O)(=O)c1cccc2nsnc12. The van der Waals surface area contributed by atoms with Crippen molar-refractivity contribution in [1.82, 2.24) is 18.1 Å². The molecule has 5 rings (SSSR count). The molecule has 0 saturated carbocycles. The van der Waals surface area contributed by atoms with E-state index in [1.807, 2.05) is 41.9 Å². The summed E-state index contributed by atoms with van der Waals surface area (Å²) in [5.74, 6) is 0.399. The van der Waals surface area contributed by atoms with Crippen LogP contribution in [0.15, 0.2) is 65.8 Å². The Morgan fingerprint density at radius 3 is 2.81 bits per heavy atom. The van der Waals surface area contributed by atoms with Crippen LogP contribution in [0.1, 0.15) is 5.56 Å². The van der Waals surface area contributed by atoms with Crippen LogP contribution < -0.4 is 9.46 Å². The molecule has 0 aliphatic heterocycles. The highest BCUT2D eigenvalue weighted by atomic mass is 32.2. The van der Waals surface area contributed by atoms with Crippen LogP contribution >= 0.6 is 11.7 Å². The quantitative estimate of drug-likeness (QED) is 0.432. The number of aryl methyl sites for hydroxylation is 1. The van der Waals surface area contributed by atoms with Crippen LogP contribution in [-0.2, 0) is 10.0 Å². The Labute approximate surface area is 182 Å². The largest absolute Gasteiger partial charge is 0.495 e. The van der Waals surface area contributed by atoms with Crippen molar-refractivity contribution in [3.63, 3.8) is 0 Å². The van der Waals surface area contributed by atoms with Crippen molar-refractivity contribution in [1.29, 1.82) is 0 Å². The normalized spacial score (nSPS) is 11.8. The van der Waals surface area contributed by atoms with E-state index in [-0.39, 0.29) is 4.90 Å². The predicted molar refractivity (Wildman–Crippen MR) is 120 cm³/mol. The molecule has 10 heteroatoms. The average Bonchev–Trinajstić information content (AvgIpc) is 3.39. The minimum atomic E-state index is -3.92. The minimum Gasteiger partial charge on any atom is -0.495 e. The molecule has 2 aromatic carbocycles. The number of methoxy groups -OCH3 is 1. The fraction of sp³-hybridized carbons (Fsp3) is 0.0952. The van der Waals surface area contributed by atoms with Crippen LogP contribution in [0.25, 0.3) is 27.9 Å². The molecule has 1 N–H and O–H groups in total. The summed E-state index contributed by atoms with van der Waals surface area (Å²) in [6, 6.07) is 14.1. The second-order valence-electron chi connectivity index (χ2n) is 7.00. The number of nitrogens with one attached hydrogen (secondary N) is 1. The van der Waals surface area contributed by atoms with Gasteiger partial charge in [0.2, 0.25) is 0 Å². The minimum absolute atomic E-state index is 0.0643. The van der Waals surface area contributed by atoms with E-state index in [4.69, 9.17) is 4.74 Å². The summed E-state index contributed by atoms with van der Waals surface area (Å²) in [5, 5.41) is 0. The van der Waals surface area contributed by atoms with E-state index in [1.165, 1.54) is 13.2 Å². The lowest BCUT2D eigenvalue weighted by Crippen LogP contribution is -2.14. The van der Waals surface area contributed by atoms with Crippen LogP contribution in [0.3, 0.4) is 0 Å². The van der Waals surface area contributed by atoms with Crippen molar-refractivity contribution < 1.29 is 13.2 Å². The molecular formula is C21H17N5O3S2. The monoisotopic (exact) mass is 451 g/mol. The van der Waals surface area contributed by atoms with E-state index in [1.54, 1.807) is 24.3 Å². The summed E-state index contributed by atoms with van der Waals surface area (Å²) in [4.78, 5) is 4.72. The molecule has 0 saturated heterocycles. The van der Waals surface area contributed by atoms with Gasteiger partial charge >= 0.3 is 0 Å². The third-order valence-electron chi connectivity index (χ3n) is 4.89. The number of ether oxygens (including phenoxy) is 1. The van der Waals surface area contributed by atoms with Crippen LogP contribution in [0, 0.1) is 6.92 Å². The first-order chi connectivity index (χ1) is 14.9. The lowest BCUT2D eigenvalue weighted by Gasteiger charge is -2.13. The Hall–Kier alpha value is -3.50. The van der Waals surface area contributed by atoms with Gasteiger partial charge in [0.25, 0.3) is 10.0 Å². The Kier molecular flexibility index (Phi) is 4.60. The maximum absolute atomic E-state index is 13.2. The van der Waals surface area contributed by atoms with Gasteiger partial charge in [-0.25, -0.2) is 13.4 Å². The Morgan fingerprint density at radius 1 is 1.10 bits per heavy atom. The molecule has 0 spiro atoms. The number of fused-ring (bicyclic) bond motifs is 2. The van der Waals surface area contributed by atoms with Crippen molar-refractivity contribution >= 4 is 44.1 Å². The zero-order valence-corrected chi connectivity index (χ0v) is 18.2. The highest BCUT2D eigenvalue weighted by Crippen LogP contribution is 2.33. The summed E-state index contributed by atoms with van der Waals surface area (Å²) in [5.41, 5.74) is 4.59. The zero-order chi connectivity index (χ0) is 21.6. The van der Waals surface area contributed by atoms with Crippen LogP contribution in [0.5, 0.6) is 5.75 Å². The average molecular weight is 452 g/mol. The Balaban J connectivity index is 1.57. The summed E-state index contributed by atoms with van der Waals surface area (Å²) >= 11 is 0.972. The number of pyridine rings is 1. The van der Waals surface area contributed by atoms with E-state index in [2.05, 4.69) is 18.5 Å². The van der Waals surface area contributed by atoms with Gasteiger partial charge in [-0.15, -0.1) is 0 Å². The lowest BCUT2D eigenvalue weighted by molar-refractivity contribution is 0.417. The van der Waals surface area contributed by atoms with Crippen molar-refractivity contribution in [2.75, 3.05) is 11.8 Å². The standard InChI is InChI=1S/C21H17N5O3S2/c1-13-8-9-26-12-17(22-20(26)10-13)14-6-7-18(29-2)16(11-14)25-31(27,28)19-5-3-4-15-21(19)24-30-23-15/h3-12,25H,1-2H3. The Morgan fingerprint density at radius 2 is 1.97 bits per heavy atom. The summed E-state index contributed by atoms with van der Waals surface area (Å²) < 4.78 is 44.5. The fourth-order valence-electron chi connectivity index (χ4n) is 3.37. The third-order valence-corrected chi connectivity index (χ3v) is 6.83. The molecule has 31 heavy (non-hydrogen) atoms. The third kappa shape index (κ3) is 3.49. The molecule has 5 aromatic rings. The molecule has 156 valence electrons. The number of aromatic nitrogens is 4. The van der Waals surface area contributed by atoms with Gasteiger partial charge < -0.3 is 9.14 Å². The molecule has 0 aliphatic carbocycles. The number of hydrogen-bond acceptors (Lipinski definition) is 7. The predicted octanol–water partition coefficient (Wildman–Crippen LogP) is 4.12. The van der Waals surface area contributed by atoms with Crippen molar-refractivity contribution in [3.8, 4) is 17.0 Å². The zero-order valence-electron chi connectivity index (χ0n) is 16.6. The molecule has 0 radical (unpaired) electrons. The van der Waals surface area contributed by atoms with Gasteiger partial charge in [0.15, 0.2) is 0 Å². The lowest BCUT2D eigenvalue weighted by atomic mass is 10.1. The molecule has 0 fully saturated rings. The van der Waals surface area contributed by atoms with E-state index in [0.717, 1.165) is 34.2 Å². The molecular weight excluding hydrogens is 434 g/mol. The molecule has 3 aromatic heterocycles. The van der Waals surface area contributed by atoms with Crippen LogP contribution in [-0.4, -0.2) is 33.7 Å². The van der Waals surface area contributed by atoms with Gasteiger partial charge in [-0.1, -0.05) is 6.07 Å². The first kappa shape index (κ1) is 19.5. The van der Waals surface area contributed by atoms with E-state index in [0.29, 0.717) is 22.5 Å². The summed E-state index contributed by atoms with van der Waals surface area (Å²) in [7, 11) is -2.43. The van der Waals surface area contributed by atoms with Gasteiger partial charge in [-0.3, -0.25) is 4.72 Å². The number of rotatable bonds is 5. The highest BCUT2D eigenvalue weighted by molar-refractivity contribution is 7.93. The first-order valence-electron chi connectivity index (χ1n) is 9.32. The van der Waals surface area contributed by atoms with Gasteiger partial charge in [-0.2, -0.15) is 8.75 Å². The van der Waals surface area contributed by atoms with Gasteiger partial charge in [-0.05, 0) is 55.0 Å². The number of nitrogens with zero attached hydrogens (tertiary/aromatic N) is 4. The molecule has 8 nitrogen and oxygen atoms in total. The maximum atomic E-state index is 13.2. The van der Waals surface area contributed by atoms with Gasteiger partial charge in [0.1, 0.15) is 27.3 Å². The topological polar surface area (TPSA) is 98.5 Å². The van der Waals surface area contributed by atoms with Crippen molar-refractivity contribution in [2.45, 2.75) is 11.8 Å². The molecule has 3 heterocycles. The number of imidazole rings is 1. The number of sulfonamides is 1. The van der Waals surface area contributed by atoms with Crippen molar-refractivity contribution in [3.05, 3.63) is 66.5 Å². The molecule has 0 atom stereocenters. The first-order valence-corrected chi connectivity index (χ1v) is 11.5. The van der Waals surface area contributed by atoms with Crippen molar-refractivity contribution in [2.24, 2.45) is 0 Å². The molecule has 0 bridgehead atoms. The summed E-state index contributed by atoms with van der Waals surface area (Å²) in [6.45, 7) is 2.01. The van der Waals surface area contributed by atoms with Gasteiger partial charge in [0, 0.05) is 18.0 Å². The van der Waals surface area contributed by atoms with E-state index in [9.17, 15) is 8.42 Å². The van der Waals surface area contributed by atoms with Gasteiger partial charge in [0.05, 0.1) is 30.2 Å². The maximum Gasteiger partial charge on any atom is 0.264 e. The number of hydrogen-bond donors (Lipinski definition) is 1. The molecule has 0 unspecified atom stereocenters. The number of benzene rings is 2. The Bertz CT molecular complexity index is 1540. The number of anilines is 1. The smallest absolute Gasteiger partial charge is 0.264 e. The highest BCUT2D eigenvalue weighted by Gasteiger charge is 2.22. The molecule has 0 amide bonds. The van der Waals surface area contributed by atoms with E-state index < -0.39 is 10.0 Å².